The van der Waals surface area contributed by atoms with Crippen LogP contribution in [-0.4, -0.2) is 58.3 Å². The minimum atomic E-state index is -4.16. The highest BCUT2D eigenvalue weighted by Crippen LogP contribution is 2.31. The fourth-order valence-electron chi connectivity index (χ4n) is 5.15. The first-order valence-corrected chi connectivity index (χ1v) is 12.1. The molecule has 1 aliphatic heterocycles. The zero-order chi connectivity index (χ0) is 24.6. The highest BCUT2D eigenvalue weighted by molar-refractivity contribution is 5.79. The van der Waals surface area contributed by atoms with Crippen molar-refractivity contribution in [2.45, 2.75) is 44.8 Å². The maximum atomic E-state index is 12.8. The van der Waals surface area contributed by atoms with Gasteiger partial charge in [-0.1, -0.05) is 12.8 Å². The molecule has 186 valence electrons. The van der Waals surface area contributed by atoms with E-state index in [1.165, 1.54) is 4.90 Å². The van der Waals surface area contributed by atoms with Gasteiger partial charge in [0.2, 0.25) is 5.95 Å². The number of aryl methyl sites for hydroxylation is 1. The number of hydrogen-bond donors (Lipinski definition) is 1. The smallest absolute Gasteiger partial charge is 0.369 e. The first kappa shape index (κ1) is 23.6. The lowest BCUT2D eigenvalue weighted by Gasteiger charge is -2.36. The summed E-state index contributed by atoms with van der Waals surface area (Å²) in [6, 6.07) is 9.54. The molecule has 1 aromatic carbocycles. The van der Waals surface area contributed by atoms with Crippen LogP contribution in [0.2, 0.25) is 0 Å². The second-order valence-corrected chi connectivity index (χ2v) is 9.46. The lowest BCUT2D eigenvalue weighted by molar-refractivity contribution is -0.146. The third kappa shape index (κ3) is 5.27. The van der Waals surface area contributed by atoms with Crippen molar-refractivity contribution >= 4 is 28.4 Å². The van der Waals surface area contributed by atoms with Crippen LogP contribution in [-0.2, 0) is 0 Å². The number of fused-ring (bicyclic) bond motifs is 1. The van der Waals surface area contributed by atoms with Gasteiger partial charge in [0.15, 0.2) is 0 Å². The van der Waals surface area contributed by atoms with Crippen molar-refractivity contribution in [3.05, 3.63) is 52.4 Å². The molecule has 2 fully saturated rings. The van der Waals surface area contributed by atoms with Crippen molar-refractivity contribution in [2.24, 2.45) is 0 Å². The molecule has 2 aromatic heterocycles. The van der Waals surface area contributed by atoms with Gasteiger partial charge in [0.05, 0.1) is 6.54 Å². The Morgan fingerprint density at radius 3 is 2.40 bits per heavy atom. The molecule has 10 heteroatoms. The van der Waals surface area contributed by atoms with E-state index in [0.717, 1.165) is 48.0 Å². The number of nitrogens with one attached hydrogen (secondary N) is 1. The average Bonchev–Trinajstić information content (AvgIpc) is 3.33. The molecule has 5 rings (SSSR count). The number of hydrogen-bond acceptors (Lipinski definition) is 6. The minimum absolute atomic E-state index is 0.0220. The Kier molecular flexibility index (Phi) is 6.39. The van der Waals surface area contributed by atoms with Crippen molar-refractivity contribution in [1.29, 1.82) is 0 Å². The predicted molar refractivity (Wildman–Crippen MR) is 130 cm³/mol. The van der Waals surface area contributed by atoms with E-state index < -0.39 is 12.7 Å². The van der Waals surface area contributed by atoms with E-state index in [4.69, 9.17) is 4.98 Å². The SMILES string of the molecule is Cc1cc(=O)n(C2CCCC2)c2nc(Nc3ccc(N4CCN(CC(F)(F)F)CC4)cc3)ncc12. The molecule has 0 spiro atoms. The number of halogens is 3. The summed E-state index contributed by atoms with van der Waals surface area (Å²) in [6.45, 7) is 2.91. The molecule has 1 saturated heterocycles. The van der Waals surface area contributed by atoms with Gasteiger partial charge in [0, 0.05) is 61.2 Å². The Hall–Kier alpha value is -3.14. The monoisotopic (exact) mass is 486 g/mol. The quantitative estimate of drug-likeness (QED) is 0.567. The van der Waals surface area contributed by atoms with Crippen LogP contribution < -0.4 is 15.8 Å². The van der Waals surface area contributed by atoms with Gasteiger partial charge in [0.25, 0.3) is 5.56 Å². The normalized spacial score (nSPS) is 17.9. The van der Waals surface area contributed by atoms with Crippen molar-refractivity contribution in [1.82, 2.24) is 19.4 Å². The Morgan fingerprint density at radius 1 is 1.06 bits per heavy atom. The Morgan fingerprint density at radius 2 is 1.74 bits per heavy atom. The number of aromatic nitrogens is 3. The number of pyridine rings is 1. The summed E-state index contributed by atoms with van der Waals surface area (Å²) in [5.74, 6) is 0.419. The van der Waals surface area contributed by atoms with Crippen LogP contribution in [0.15, 0.2) is 41.3 Å². The highest BCUT2D eigenvalue weighted by Gasteiger charge is 2.32. The van der Waals surface area contributed by atoms with Crippen LogP contribution in [0.5, 0.6) is 0 Å². The molecule has 1 saturated carbocycles. The summed E-state index contributed by atoms with van der Waals surface area (Å²) < 4.78 is 39.7. The first-order chi connectivity index (χ1) is 16.8. The van der Waals surface area contributed by atoms with Gasteiger partial charge in [-0.2, -0.15) is 18.2 Å². The molecule has 35 heavy (non-hydrogen) atoms. The van der Waals surface area contributed by atoms with Crippen LogP contribution in [0.3, 0.4) is 0 Å². The van der Waals surface area contributed by atoms with Gasteiger partial charge in [-0.3, -0.25) is 14.3 Å². The summed E-state index contributed by atoms with van der Waals surface area (Å²) in [5, 5.41) is 4.10. The zero-order valence-corrected chi connectivity index (χ0v) is 19.7. The number of anilines is 3. The van der Waals surface area contributed by atoms with Gasteiger partial charge in [-0.05, 0) is 49.6 Å². The van der Waals surface area contributed by atoms with E-state index in [0.29, 0.717) is 37.8 Å². The zero-order valence-electron chi connectivity index (χ0n) is 19.7. The fraction of sp³-hybridized carbons (Fsp3) is 0.480. The second-order valence-electron chi connectivity index (χ2n) is 9.46. The minimum Gasteiger partial charge on any atom is -0.369 e. The summed E-state index contributed by atoms with van der Waals surface area (Å²) in [7, 11) is 0. The Bertz CT molecular complexity index is 1240. The van der Waals surface area contributed by atoms with Crippen LogP contribution in [0.4, 0.5) is 30.5 Å². The topological polar surface area (TPSA) is 66.3 Å². The first-order valence-electron chi connectivity index (χ1n) is 12.1. The van der Waals surface area contributed by atoms with E-state index in [2.05, 4.69) is 15.2 Å². The molecule has 3 aromatic rings. The molecule has 7 nitrogen and oxygen atoms in total. The lowest BCUT2D eigenvalue weighted by Crippen LogP contribution is -2.49. The van der Waals surface area contributed by atoms with Gasteiger partial charge in [-0.15, -0.1) is 0 Å². The van der Waals surface area contributed by atoms with E-state index in [1.807, 2.05) is 35.8 Å². The van der Waals surface area contributed by atoms with Gasteiger partial charge in [0.1, 0.15) is 5.65 Å². The summed E-state index contributed by atoms with van der Waals surface area (Å²) in [5.41, 5.74) is 3.27. The molecule has 1 N–H and O–H groups in total. The molecule has 3 heterocycles. The van der Waals surface area contributed by atoms with E-state index in [1.54, 1.807) is 12.3 Å². The van der Waals surface area contributed by atoms with Crippen molar-refractivity contribution in [3.63, 3.8) is 0 Å². The maximum Gasteiger partial charge on any atom is 0.401 e. The second kappa shape index (κ2) is 9.49. The van der Waals surface area contributed by atoms with Gasteiger partial charge >= 0.3 is 6.18 Å². The molecule has 1 aliphatic carbocycles. The van der Waals surface area contributed by atoms with Crippen LogP contribution in [0.1, 0.15) is 37.3 Å². The Balaban J connectivity index is 1.31. The number of alkyl halides is 3. The van der Waals surface area contributed by atoms with Crippen LogP contribution >= 0.6 is 0 Å². The molecule has 0 unspecified atom stereocenters. The van der Waals surface area contributed by atoms with Crippen LogP contribution in [0.25, 0.3) is 11.0 Å². The van der Waals surface area contributed by atoms with Crippen molar-refractivity contribution in [2.75, 3.05) is 42.9 Å². The van der Waals surface area contributed by atoms with Crippen molar-refractivity contribution in [3.8, 4) is 0 Å². The summed E-state index contributed by atoms with van der Waals surface area (Å²) >= 11 is 0. The molecule has 0 amide bonds. The average molecular weight is 487 g/mol. The largest absolute Gasteiger partial charge is 0.401 e. The lowest BCUT2D eigenvalue weighted by atomic mass is 10.1. The molecule has 2 aliphatic rings. The van der Waals surface area contributed by atoms with Gasteiger partial charge in [-0.25, -0.2) is 4.98 Å². The third-order valence-electron chi connectivity index (χ3n) is 6.95. The van der Waals surface area contributed by atoms with E-state index in [-0.39, 0.29) is 11.6 Å². The molecular weight excluding hydrogens is 457 g/mol. The van der Waals surface area contributed by atoms with E-state index >= 15 is 0 Å². The molecule has 0 radical (unpaired) electrons. The predicted octanol–water partition coefficient (Wildman–Crippen LogP) is 4.64. The summed E-state index contributed by atoms with van der Waals surface area (Å²) in [4.78, 5) is 25.5. The molecule has 0 bridgehead atoms. The van der Waals surface area contributed by atoms with Crippen molar-refractivity contribution < 1.29 is 13.2 Å². The fourth-order valence-corrected chi connectivity index (χ4v) is 5.15. The number of piperazine rings is 1. The van der Waals surface area contributed by atoms with Crippen LogP contribution in [0, 0.1) is 6.92 Å². The standard InChI is InChI=1S/C25H29F3N6O/c1-17-14-22(35)34(20-4-2-3-5-20)23-21(17)15-29-24(31-23)30-18-6-8-19(9-7-18)33-12-10-32(11-13-33)16-25(26,27)28/h6-9,14-15,20H,2-5,10-13,16H2,1H3,(H,29,30,31). The number of rotatable bonds is 5. The van der Waals surface area contributed by atoms with E-state index in [9.17, 15) is 18.0 Å². The molecular formula is C25H29F3N6O. The Labute approximate surface area is 201 Å². The van der Waals surface area contributed by atoms with Gasteiger partial charge < -0.3 is 10.2 Å². The number of nitrogens with zero attached hydrogens (tertiary/aromatic N) is 5. The highest BCUT2D eigenvalue weighted by atomic mass is 19.4. The summed E-state index contributed by atoms with van der Waals surface area (Å²) in [6.07, 6.45) is 1.80. The molecule has 0 atom stereocenters. The number of benzene rings is 1. The maximum absolute atomic E-state index is 12.8. The third-order valence-corrected chi connectivity index (χ3v) is 6.95.